The molecule has 0 radical (unpaired) electrons. The largest absolute Gasteiger partial charge is 0.338 e. The summed E-state index contributed by atoms with van der Waals surface area (Å²) in [7, 11) is 0. The molecule has 1 fully saturated rings. The fourth-order valence-corrected chi connectivity index (χ4v) is 2.61. The van der Waals surface area contributed by atoms with E-state index in [1.54, 1.807) is 12.4 Å². The molecule has 1 aromatic carbocycles. The van der Waals surface area contributed by atoms with Crippen LogP contribution >= 0.6 is 0 Å². The van der Waals surface area contributed by atoms with Crippen molar-refractivity contribution < 1.29 is 4.79 Å². The van der Waals surface area contributed by atoms with Crippen molar-refractivity contribution in [3.05, 3.63) is 53.9 Å². The Hall–Kier alpha value is -2.27. The van der Waals surface area contributed by atoms with Gasteiger partial charge in [-0.3, -0.25) is 9.69 Å². The molecule has 114 valence electrons. The molecular formula is C17H20N4O. The van der Waals surface area contributed by atoms with Gasteiger partial charge in [0.25, 0.3) is 0 Å². The van der Waals surface area contributed by atoms with Crippen molar-refractivity contribution in [3.8, 4) is 0 Å². The number of nitrogens with zero attached hydrogens (tertiary/aromatic N) is 4. The molecular weight excluding hydrogens is 276 g/mol. The van der Waals surface area contributed by atoms with Gasteiger partial charge in [0.2, 0.25) is 5.95 Å². The van der Waals surface area contributed by atoms with E-state index in [2.05, 4.69) is 44.0 Å². The van der Waals surface area contributed by atoms with Crippen molar-refractivity contribution in [2.24, 2.45) is 0 Å². The molecule has 0 amide bonds. The lowest BCUT2D eigenvalue weighted by Gasteiger charge is -2.34. The average Bonchev–Trinajstić information content (AvgIpc) is 2.57. The van der Waals surface area contributed by atoms with Crippen molar-refractivity contribution in [3.63, 3.8) is 0 Å². The van der Waals surface area contributed by atoms with Crippen molar-refractivity contribution in [1.29, 1.82) is 0 Å². The van der Waals surface area contributed by atoms with Gasteiger partial charge in [-0.05, 0) is 12.5 Å². The first kappa shape index (κ1) is 14.7. The summed E-state index contributed by atoms with van der Waals surface area (Å²) in [5.41, 5.74) is 1.91. The molecule has 0 saturated carbocycles. The minimum absolute atomic E-state index is 0.000713. The van der Waals surface area contributed by atoms with E-state index in [0.29, 0.717) is 11.5 Å². The van der Waals surface area contributed by atoms with Crippen LogP contribution in [-0.4, -0.2) is 46.8 Å². The summed E-state index contributed by atoms with van der Waals surface area (Å²) < 4.78 is 0. The summed E-state index contributed by atoms with van der Waals surface area (Å²) in [5, 5.41) is 0. The smallest absolute Gasteiger partial charge is 0.225 e. The van der Waals surface area contributed by atoms with E-state index >= 15 is 0 Å². The molecule has 0 N–H and O–H groups in total. The maximum atomic E-state index is 11.2. The highest BCUT2D eigenvalue weighted by atomic mass is 16.1. The Morgan fingerprint density at radius 1 is 1.05 bits per heavy atom. The molecule has 5 heteroatoms. The lowest BCUT2D eigenvalue weighted by atomic mass is 10.2. The Morgan fingerprint density at radius 2 is 1.68 bits per heavy atom. The van der Waals surface area contributed by atoms with Gasteiger partial charge in [0.05, 0.1) is 5.56 Å². The van der Waals surface area contributed by atoms with Crippen LogP contribution in [0.4, 0.5) is 5.95 Å². The van der Waals surface area contributed by atoms with Gasteiger partial charge in [0, 0.05) is 45.1 Å². The molecule has 22 heavy (non-hydrogen) atoms. The highest BCUT2D eigenvalue weighted by Crippen LogP contribution is 2.13. The van der Waals surface area contributed by atoms with Gasteiger partial charge in [-0.25, -0.2) is 9.97 Å². The van der Waals surface area contributed by atoms with E-state index in [1.807, 2.05) is 6.07 Å². The number of carbonyl (C=O) groups is 1. The SMILES string of the molecule is CC(=O)c1cnc(N2CCN(Cc3ccccc3)CC2)nc1. The monoisotopic (exact) mass is 296 g/mol. The van der Waals surface area contributed by atoms with E-state index in [-0.39, 0.29) is 5.78 Å². The second-order valence-corrected chi connectivity index (χ2v) is 5.58. The minimum atomic E-state index is -0.000713. The number of ketones is 1. The zero-order valence-electron chi connectivity index (χ0n) is 12.8. The molecule has 1 saturated heterocycles. The molecule has 0 spiro atoms. The Bertz CT molecular complexity index is 619. The molecule has 2 aromatic rings. The number of benzene rings is 1. The van der Waals surface area contributed by atoms with Crippen LogP contribution in [0.3, 0.4) is 0 Å². The predicted molar refractivity (Wildman–Crippen MR) is 86.0 cm³/mol. The topological polar surface area (TPSA) is 49.3 Å². The Balaban J connectivity index is 1.56. The molecule has 1 aliphatic rings. The number of aromatic nitrogens is 2. The zero-order chi connectivity index (χ0) is 15.4. The third-order valence-electron chi connectivity index (χ3n) is 3.95. The van der Waals surface area contributed by atoms with Gasteiger partial charge in [-0.2, -0.15) is 0 Å². The fraction of sp³-hybridized carbons (Fsp3) is 0.353. The number of hydrogen-bond acceptors (Lipinski definition) is 5. The maximum Gasteiger partial charge on any atom is 0.225 e. The second kappa shape index (κ2) is 6.66. The average molecular weight is 296 g/mol. The van der Waals surface area contributed by atoms with Crippen LogP contribution < -0.4 is 4.90 Å². The number of rotatable bonds is 4. The van der Waals surface area contributed by atoms with E-state index in [4.69, 9.17) is 0 Å². The quantitative estimate of drug-likeness (QED) is 0.808. The van der Waals surface area contributed by atoms with Crippen molar-refractivity contribution in [2.45, 2.75) is 13.5 Å². The molecule has 5 nitrogen and oxygen atoms in total. The Kier molecular flexibility index (Phi) is 4.44. The Morgan fingerprint density at radius 3 is 2.27 bits per heavy atom. The Labute approximate surface area is 130 Å². The van der Waals surface area contributed by atoms with Gasteiger partial charge >= 0.3 is 0 Å². The third kappa shape index (κ3) is 3.49. The van der Waals surface area contributed by atoms with Crippen LogP contribution in [0, 0.1) is 0 Å². The van der Waals surface area contributed by atoms with Crippen molar-refractivity contribution in [1.82, 2.24) is 14.9 Å². The number of carbonyl (C=O) groups excluding carboxylic acids is 1. The van der Waals surface area contributed by atoms with E-state index in [9.17, 15) is 4.79 Å². The van der Waals surface area contributed by atoms with Crippen molar-refractivity contribution >= 4 is 11.7 Å². The van der Waals surface area contributed by atoms with Crippen LogP contribution in [0.15, 0.2) is 42.7 Å². The van der Waals surface area contributed by atoms with Crippen LogP contribution in [0.25, 0.3) is 0 Å². The fourth-order valence-electron chi connectivity index (χ4n) is 2.61. The molecule has 0 aliphatic carbocycles. The summed E-state index contributed by atoms with van der Waals surface area (Å²) in [6, 6.07) is 10.5. The van der Waals surface area contributed by atoms with Gasteiger partial charge in [-0.15, -0.1) is 0 Å². The number of piperazine rings is 1. The molecule has 1 aromatic heterocycles. The number of Topliss-reactive ketones (excluding diaryl/α,β-unsaturated/α-hetero) is 1. The lowest BCUT2D eigenvalue weighted by Crippen LogP contribution is -2.46. The molecule has 0 unspecified atom stereocenters. The summed E-state index contributed by atoms with van der Waals surface area (Å²) in [4.78, 5) is 24.5. The maximum absolute atomic E-state index is 11.2. The van der Waals surface area contributed by atoms with Gasteiger partial charge < -0.3 is 4.90 Å². The first-order chi connectivity index (χ1) is 10.7. The standard InChI is InChI=1S/C17H20N4O/c1-14(22)16-11-18-17(19-12-16)21-9-7-20(8-10-21)13-15-5-3-2-4-6-15/h2-6,11-12H,7-10,13H2,1H3. The predicted octanol–water partition coefficient (Wildman–Crippen LogP) is 2.00. The van der Waals surface area contributed by atoms with Gasteiger partial charge in [0.1, 0.15) is 0 Å². The van der Waals surface area contributed by atoms with Crippen LogP contribution in [-0.2, 0) is 6.54 Å². The van der Waals surface area contributed by atoms with E-state index in [1.165, 1.54) is 12.5 Å². The highest BCUT2D eigenvalue weighted by molar-refractivity contribution is 5.93. The highest BCUT2D eigenvalue weighted by Gasteiger charge is 2.19. The zero-order valence-corrected chi connectivity index (χ0v) is 12.8. The number of hydrogen-bond donors (Lipinski definition) is 0. The molecule has 1 aliphatic heterocycles. The summed E-state index contributed by atoms with van der Waals surface area (Å²) >= 11 is 0. The third-order valence-corrected chi connectivity index (χ3v) is 3.95. The molecule has 0 atom stereocenters. The summed E-state index contributed by atoms with van der Waals surface area (Å²) in [6.45, 7) is 6.32. The summed E-state index contributed by atoms with van der Waals surface area (Å²) in [6.07, 6.45) is 3.22. The lowest BCUT2D eigenvalue weighted by molar-refractivity contribution is 0.101. The first-order valence-electron chi connectivity index (χ1n) is 7.56. The number of anilines is 1. The van der Waals surface area contributed by atoms with Gasteiger partial charge in [0.15, 0.2) is 5.78 Å². The second-order valence-electron chi connectivity index (χ2n) is 5.58. The van der Waals surface area contributed by atoms with Gasteiger partial charge in [-0.1, -0.05) is 30.3 Å². The molecule has 2 heterocycles. The van der Waals surface area contributed by atoms with Crippen LogP contribution in [0.2, 0.25) is 0 Å². The normalized spacial score (nSPS) is 15.8. The minimum Gasteiger partial charge on any atom is -0.338 e. The van der Waals surface area contributed by atoms with E-state index < -0.39 is 0 Å². The van der Waals surface area contributed by atoms with E-state index in [0.717, 1.165) is 32.7 Å². The van der Waals surface area contributed by atoms with Crippen LogP contribution in [0.5, 0.6) is 0 Å². The summed E-state index contributed by atoms with van der Waals surface area (Å²) in [5.74, 6) is 0.712. The molecule has 3 rings (SSSR count). The van der Waals surface area contributed by atoms with Crippen molar-refractivity contribution in [2.75, 3.05) is 31.1 Å². The first-order valence-corrected chi connectivity index (χ1v) is 7.56. The molecule has 0 bridgehead atoms. The van der Waals surface area contributed by atoms with Crippen LogP contribution in [0.1, 0.15) is 22.8 Å².